The predicted molar refractivity (Wildman–Crippen MR) is 57.5 cm³/mol. The van der Waals surface area contributed by atoms with Crippen molar-refractivity contribution in [3.63, 3.8) is 0 Å². The second kappa shape index (κ2) is 4.35. The molecule has 2 heterocycles. The molecule has 2 N–H and O–H groups in total. The summed E-state index contributed by atoms with van der Waals surface area (Å²) >= 11 is 6.15. The first-order valence-corrected chi connectivity index (χ1v) is 5.96. The fourth-order valence-electron chi connectivity index (χ4n) is 2.71. The van der Waals surface area contributed by atoms with Gasteiger partial charge in [0.1, 0.15) is 0 Å². The standard InChI is InChI=1S/C10H19ClN2O/c1-2-8-9(6-14)13-5-7(11)3-4-10(13)12-8/h7-10,12,14H,2-6H2,1H3. The Labute approximate surface area is 90.4 Å². The minimum Gasteiger partial charge on any atom is -0.395 e. The molecule has 3 nitrogen and oxygen atoms in total. The number of aliphatic hydroxyl groups excluding tert-OH is 1. The summed E-state index contributed by atoms with van der Waals surface area (Å²) in [6, 6.07) is 0.707. The third-order valence-corrected chi connectivity index (χ3v) is 3.84. The molecule has 0 aromatic heterocycles. The topological polar surface area (TPSA) is 35.5 Å². The lowest BCUT2D eigenvalue weighted by Gasteiger charge is -2.35. The maximum absolute atomic E-state index is 9.37. The van der Waals surface area contributed by atoms with E-state index in [9.17, 15) is 5.11 Å². The fraction of sp³-hybridized carbons (Fsp3) is 1.00. The van der Waals surface area contributed by atoms with Gasteiger partial charge in [0, 0.05) is 24.0 Å². The van der Waals surface area contributed by atoms with Crippen molar-refractivity contribution in [3.05, 3.63) is 0 Å². The number of nitrogens with one attached hydrogen (secondary N) is 1. The van der Waals surface area contributed by atoms with Gasteiger partial charge in [-0.05, 0) is 19.3 Å². The third-order valence-electron chi connectivity index (χ3n) is 3.49. The van der Waals surface area contributed by atoms with Gasteiger partial charge in [0.05, 0.1) is 12.8 Å². The van der Waals surface area contributed by atoms with Crippen LogP contribution in [0.15, 0.2) is 0 Å². The van der Waals surface area contributed by atoms with E-state index < -0.39 is 0 Å². The van der Waals surface area contributed by atoms with Crippen molar-refractivity contribution in [1.29, 1.82) is 0 Å². The molecule has 2 fully saturated rings. The molecular formula is C10H19ClN2O. The molecule has 0 saturated carbocycles. The van der Waals surface area contributed by atoms with Crippen LogP contribution >= 0.6 is 11.6 Å². The van der Waals surface area contributed by atoms with Crippen molar-refractivity contribution >= 4 is 11.6 Å². The quantitative estimate of drug-likeness (QED) is 0.672. The summed E-state index contributed by atoms with van der Waals surface area (Å²) in [4.78, 5) is 2.34. The smallest absolute Gasteiger partial charge is 0.0604 e. The lowest BCUT2D eigenvalue weighted by Crippen LogP contribution is -2.47. The molecule has 2 saturated heterocycles. The normalized spacial score (nSPS) is 43.9. The molecule has 4 atom stereocenters. The molecule has 82 valence electrons. The average Bonchev–Trinajstić information content (AvgIpc) is 2.54. The average molecular weight is 219 g/mol. The molecule has 0 aromatic rings. The van der Waals surface area contributed by atoms with Crippen molar-refractivity contribution in [1.82, 2.24) is 10.2 Å². The van der Waals surface area contributed by atoms with E-state index in [1.165, 1.54) is 0 Å². The van der Waals surface area contributed by atoms with E-state index in [-0.39, 0.29) is 18.0 Å². The third kappa shape index (κ3) is 1.78. The van der Waals surface area contributed by atoms with Gasteiger partial charge in [0.2, 0.25) is 0 Å². The first-order valence-electron chi connectivity index (χ1n) is 5.53. The van der Waals surface area contributed by atoms with Crippen LogP contribution in [0.5, 0.6) is 0 Å². The zero-order chi connectivity index (χ0) is 10.1. The number of rotatable bonds is 2. The van der Waals surface area contributed by atoms with Crippen LogP contribution < -0.4 is 5.32 Å². The molecule has 2 aliphatic heterocycles. The highest BCUT2D eigenvalue weighted by Crippen LogP contribution is 2.28. The number of nitrogens with zero attached hydrogens (tertiary/aromatic N) is 1. The van der Waals surface area contributed by atoms with E-state index >= 15 is 0 Å². The van der Waals surface area contributed by atoms with E-state index in [0.717, 1.165) is 25.8 Å². The van der Waals surface area contributed by atoms with Crippen LogP contribution in [-0.2, 0) is 0 Å². The molecule has 0 amide bonds. The van der Waals surface area contributed by atoms with Crippen LogP contribution in [0.4, 0.5) is 0 Å². The Morgan fingerprint density at radius 2 is 2.29 bits per heavy atom. The molecule has 2 rings (SSSR count). The molecule has 0 radical (unpaired) electrons. The minimum absolute atomic E-state index is 0.242. The summed E-state index contributed by atoms with van der Waals surface area (Å²) in [6.07, 6.45) is 3.73. The van der Waals surface area contributed by atoms with Gasteiger partial charge >= 0.3 is 0 Å². The Morgan fingerprint density at radius 1 is 1.50 bits per heavy atom. The Bertz CT molecular complexity index is 203. The molecule has 2 aliphatic rings. The summed E-state index contributed by atoms with van der Waals surface area (Å²) in [6.45, 7) is 3.32. The molecule has 14 heavy (non-hydrogen) atoms. The second-order valence-electron chi connectivity index (χ2n) is 4.32. The molecule has 4 heteroatoms. The lowest BCUT2D eigenvalue weighted by atomic mass is 10.1. The molecule has 4 unspecified atom stereocenters. The Kier molecular flexibility index (Phi) is 3.32. The summed E-state index contributed by atoms with van der Waals surface area (Å²) in [5, 5.41) is 13.2. The number of halogens is 1. The van der Waals surface area contributed by atoms with Crippen LogP contribution in [0.2, 0.25) is 0 Å². The highest BCUT2D eigenvalue weighted by atomic mass is 35.5. The van der Waals surface area contributed by atoms with Crippen molar-refractivity contribution in [2.75, 3.05) is 13.2 Å². The maximum Gasteiger partial charge on any atom is 0.0604 e. The number of alkyl halides is 1. The predicted octanol–water partition coefficient (Wildman–Crippen LogP) is 0.758. The number of piperidine rings is 1. The molecule has 0 aliphatic carbocycles. The molecule has 0 aromatic carbocycles. The fourth-order valence-corrected chi connectivity index (χ4v) is 2.99. The Balaban J connectivity index is 2.06. The van der Waals surface area contributed by atoms with Crippen molar-refractivity contribution in [2.45, 2.75) is 49.8 Å². The monoisotopic (exact) mass is 218 g/mol. The van der Waals surface area contributed by atoms with Gasteiger partial charge in [0.25, 0.3) is 0 Å². The van der Waals surface area contributed by atoms with E-state index in [4.69, 9.17) is 11.6 Å². The minimum atomic E-state index is 0.242. The van der Waals surface area contributed by atoms with Crippen molar-refractivity contribution in [2.24, 2.45) is 0 Å². The van der Waals surface area contributed by atoms with Crippen LogP contribution in [0.25, 0.3) is 0 Å². The van der Waals surface area contributed by atoms with Gasteiger partial charge in [-0.15, -0.1) is 11.6 Å². The van der Waals surface area contributed by atoms with E-state index in [0.29, 0.717) is 12.2 Å². The van der Waals surface area contributed by atoms with Crippen molar-refractivity contribution < 1.29 is 5.11 Å². The summed E-state index contributed by atoms with van der Waals surface area (Å²) in [5.74, 6) is 0. The van der Waals surface area contributed by atoms with Gasteiger partial charge in [-0.25, -0.2) is 0 Å². The van der Waals surface area contributed by atoms with E-state index in [1.807, 2.05) is 0 Å². The van der Waals surface area contributed by atoms with Crippen LogP contribution in [-0.4, -0.2) is 46.8 Å². The number of aliphatic hydroxyl groups is 1. The number of hydrogen-bond donors (Lipinski definition) is 2. The van der Waals surface area contributed by atoms with Gasteiger partial charge in [0.15, 0.2) is 0 Å². The maximum atomic E-state index is 9.37. The van der Waals surface area contributed by atoms with E-state index in [1.54, 1.807) is 0 Å². The van der Waals surface area contributed by atoms with Gasteiger partial charge in [-0.3, -0.25) is 10.2 Å². The lowest BCUT2D eigenvalue weighted by molar-refractivity contribution is 0.0990. The van der Waals surface area contributed by atoms with Crippen molar-refractivity contribution in [3.8, 4) is 0 Å². The number of fused-ring (bicyclic) bond motifs is 1. The summed E-state index contributed by atoms with van der Waals surface area (Å²) in [5.41, 5.74) is 0. The Morgan fingerprint density at radius 3 is 2.93 bits per heavy atom. The molecule has 0 bridgehead atoms. The van der Waals surface area contributed by atoms with Crippen LogP contribution in [0.3, 0.4) is 0 Å². The van der Waals surface area contributed by atoms with Gasteiger partial charge in [-0.2, -0.15) is 0 Å². The highest BCUT2D eigenvalue weighted by molar-refractivity contribution is 6.20. The molecular weight excluding hydrogens is 200 g/mol. The largest absolute Gasteiger partial charge is 0.395 e. The van der Waals surface area contributed by atoms with Gasteiger partial charge < -0.3 is 5.11 Å². The second-order valence-corrected chi connectivity index (χ2v) is 4.94. The molecule has 0 spiro atoms. The van der Waals surface area contributed by atoms with Gasteiger partial charge in [-0.1, -0.05) is 6.92 Å². The number of hydrogen-bond acceptors (Lipinski definition) is 3. The van der Waals surface area contributed by atoms with Crippen LogP contribution in [0, 0.1) is 0 Å². The first kappa shape index (κ1) is 10.7. The first-order chi connectivity index (χ1) is 6.76. The highest BCUT2D eigenvalue weighted by Gasteiger charge is 2.41. The SMILES string of the molecule is CCC1NC2CCC(Cl)CN2C1CO. The van der Waals surface area contributed by atoms with Crippen LogP contribution in [0.1, 0.15) is 26.2 Å². The Hall–Kier alpha value is 0.170. The zero-order valence-corrected chi connectivity index (χ0v) is 9.37. The van der Waals surface area contributed by atoms with E-state index in [2.05, 4.69) is 17.1 Å². The summed E-state index contributed by atoms with van der Waals surface area (Å²) < 4.78 is 0. The zero-order valence-electron chi connectivity index (χ0n) is 8.62. The summed E-state index contributed by atoms with van der Waals surface area (Å²) in [7, 11) is 0.